The number of carbonyl (C=O) groups is 1. The monoisotopic (exact) mass is 169 g/mol. The van der Waals surface area contributed by atoms with Crippen molar-refractivity contribution in [1.82, 2.24) is 0 Å². The number of hydrogen-bond donors (Lipinski definition) is 0. The molecule has 1 aliphatic carbocycles. The van der Waals surface area contributed by atoms with Crippen LogP contribution in [0.5, 0.6) is 0 Å². The summed E-state index contributed by atoms with van der Waals surface area (Å²) in [7, 11) is 1.22. The van der Waals surface area contributed by atoms with Gasteiger partial charge < -0.3 is 4.74 Å². The van der Waals surface area contributed by atoms with Gasteiger partial charge in [0.05, 0.1) is 4.92 Å². The molecule has 0 heterocycles. The van der Waals surface area contributed by atoms with Crippen molar-refractivity contribution in [2.45, 2.75) is 5.72 Å². The summed E-state index contributed by atoms with van der Waals surface area (Å²) in [5, 5.41) is 10.5. The number of carbonyl (C=O) groups excluding carboxylic acids is 1. The molecule has 0 radical (unpaired) electrons. The first-order valence-corrected chi connectivity index (χ1v) is 3.23. The number of methoxy groups -OCH3 is 1. The zero-order valence-corrected chi connectivity index (χ0v) is 6.39. The third-order valence-electron chi connectivity index (χ3n) is 1.59. The molecule has 0 atom stereocenters. The molecule has 1 rings (SSSR count). The van der Waals surface area contributed by atoms with Gasteiger partial charge in [0, 0.05) is 19.3 Å². The molecule has 0 bridgehead atoms. The van der Waals surface area contributed by atoms with E-state index >= 15 is 0 Å². The number of rotatable bonds is 2. The molecular weight excluding hydrogens is 162 g/mol. The molecule has 0 spiro atoms. The second-order valence-corrected chi connectivity index (χ2v) is 2.28. The topological polar surface area (TPSA) is 69.4 Å². The Hall–Kier alpha value is -1.49. The van der Waals surface area contributed by atoms with Crippen molar-refractivity contribution in [3.8, 4) is 0 Å². The Kier molecular flexibility index (Phi) is 2.05. The van der Waals surface area contributed by atoms with Crippen LogP contribution in [0, 0.1) is 10.1 Å². The van der Waals surface area contributed by atoms with E-state index in [0.29, 0.717) is 0 Å². The Labute approximate surface area is 68.5 Å². The summed E-state index contributed by atoms with van der Waals surface area (Å²) in [5.41, 5.74) is -1.66. The van der Waals surface area contributed by atoms with Gasteiger partial charge in [-0.1, -0.05) is 0 Å². The lowest BCUT2D eigenvalue weighted by Crippen LogP contribution is -2.37. The highest BCUT2D eigenvalue weighted by molar-refractivity contribution is 6.00. The van der Waals surface area contributed by atoms with Crippen LogP contribution >= 0.6 is 0 Å². The van der Waals surface area contributed by atoms with Crippen molar-refractivity contribution in [1.29, 1.82) is 0 Å². The highest BCUT2D eigenvalue weighted by Gasteiger charge is 2.39. The van der Waals surface area contributed by atoms with Crippen LogP contribution in [0.2, 0.25) is 0 Å². The molecule has 0 N–H and O–H groups in total. The minimum absolute atomic E-state index is 0.274. The van der Waals surface area contributed by atoms with Gasteiger partial charge in [-0.3, -0.25) is 14.9 Å². The van der Waals surface area contributed by atoms with Crippen molar-refractivity contribution in [3.05, 3.63) is 34.4 Å². The van der Waals surface area contributed by atoms with Gasteiger partial charge in [-0.25, -0.2) is 0 Å². The second-order valence-electron chi connectivity index (χ2n) is 2.28. The van der Waals surface area contributed by atoms with Gasteiger partial charge in [-0.2, -0.15) is 0 Å². The van der Waals surface area contributed by atoms with Gasteiger partial charge >= 0.3 is 5.72 Å². The number of ether oxygens (including phenoxy) is 1. The van der Waals surface area contributed by atoms with Gasteiger partial charge in [0.1, 0.15) is 0 Å². The van der Waals surface area contributed by atoms with Crippen molar-refractivity contribution in [2.75, 3.05) is 7.11 Å². The maximum absolute atomic E-state index is 10.6. The minimum Gasteiger partial charge on any atom is -0.311 e. The number of ketones is 1. The summed E-state index contributed by atoms with van der Waals surface area (Å²) >= 11 is 0. The fourth-order valence-corrected chi connectivity index (χ4v) is 0.847. The molecule has 0 aliphatic heterocycles. The first-order valence-electron chi connectivity index (χ1n) is 3.23. The molecule has 0 unspecified atom stereocenters. The summed E-state index contributed by atoms with van der Waals surface area (Å²) in [6.07, 6.45) is 4.48. The standard InChI is InChI=1S/C7H7NO4/c1-12-7(8(10)11)4-2-6(9)3-5-7/h2-5H,1H3. The van der Waals surface area contributed by atoms with Crippen LogP contribution in [0.1, 0.15) is 0 Å². The fourth-order valence-electron chi connectivity index (χ4n) is 0.847. The van der Waals surface area contributed by atoms with E-state index < -0.39 is 10.6 Å². The third kappa shape index (κ3) is 1.26. The third-order valence-corrected chi connectivity index (χ3v) is 1.59. The molecule has 0 saturated heterocycles. The highest BCUT2D eigenvalue weighted by Crippen LogP contribution is 2.18. The van der Waals surface area contributed by atoms with E-state index in [1.54, 1.807) is 0 Å². The summed E-state index contributed by atoms with van der Waals surface area (Å²) in [6, 6.07) is 0. The Bertz CT molecular complexity index is 263. The molecule has 5 heteroatoms. The van der Waals surface area contributed by atoms with Gasteiger partial charge in [-0.05, 0) is 12.2 Å². The predicted octanol–water partition coefficient (Wildman–Crippen LogP) is 0.301. The first-order chi connectivity index (χ1) is 5.60. The molecule has 0 amide bonds. The Balaban J connectivity index is 2.99. The van der Waals surface area contributed by atoms with Crippen molar-refractivity contribution < 1.29 is 14.5 Å². The van der Waals surface area contributed by atoms with Crippen molar-refractivity contribution >= 4 is 5.78 Å². The maximum Gasteiger partial charge on any atom is 0.364 e. The van der Waals surface area contributed by atoms with Crippen molar-refractivity contribution in [3.63, 3.8) is 0 Å². The van der Waals surface area contributed by atoms with Crippen molar-refractivity contribution in [2.24, 2.45) is 0 Å². The normalized spacial score (nSPS) is 19.6. The molecular formula is C7H7NO4. The van der Waals surface area contributed by atoms with Crippen LogP contribution in [0.15, 0.2) is 24.3 Å². The van der Waals surface area contributed by atoms with Crippen LogP contribution in [0.4, 0.5) is 0 Å². The zero-order chi connectivity index (χ0) is 9.19. The molecule has 1 aliphatic rings. The van der Waals surface area contributed by atoms with Gasteiger partial charge in [0.25, 0.3) is 0 Å². The van der Waals surface area contributed by atoms with Crippen LogP contribution in [-0.4, -0.2) is 23.5 Å². The van der Waals surface area contributed by atoms with E-state index in [2.05, 4.69) is 4.74 Å². The smallest absolute Gasteiger partial charge is 0.311 e. The van der Waals surface area contributed by atoms with Crippen LogP contribution in [0.25, 0.3) is 0 Å². The fraction of sp³-hybridized carbons (Fsp3) is 0.286. The number of nitrogens with zero attached hydrogens (tertiary/aromatic N) is 1. The van der Waals surface area contributed by atoms with E-state index in [1.807, 2.05) is 0 Å². The van der Waals surface area contributed by atoms with Crippen LogP contribution in [0.3, 0.4) is 0 Å². The van der Waals surface area contributed by atoms with E-state index in [1.165, 1.54) is 7.11 Å². The SMILES string of the molecule is COC1([N+](=O)[O-])C=CC(=O)C=C1. The lowest BCUT2D eigenvalue weighted by molar-refractivity contribution is -0.594. The van der Waals surface area contributed by atoms with Crippen LogP contribution in [-0.2, 0) is 9.53 Å². The number of nitro groups is 1. The first kappa shape index (κ1) is 8.61. The van der Waals surface area contributed by atoms with Gasteiger partial charge in [-0.15, -0.1) is 0 Å². The second kappa shape index (κ2) is 2.86. The van der Waals surface area contributed by atoms with E-state index in [0.717, 1.165) is 24.3 Å². The lowest BCUT2D eigenvalue weighted by Gasteiger charge is -2.17. The number of allylic oxidation sites excluding steroid dienone is 2. The zero-order valence-electron chi connectivity index (χ0n) is 6.39. The molecule has 64 valence electrons. The molecule has 0 aromatic heterocycles. The van der Waals surface area contributed by atoms with Gasteiger partial charge in [0.15, 0.2) is 5.78 Å². The molecule has 0 aromatic rings. The largest absolute Gasteiger partial charge is 0.364 e. The molecule has 0 fully saturated rings. The van der Waals surface area contributed by atoms with E-state index in [4.69, 9.17) is 0 Å². The Morgan fingerprint density at radius 1 is 1.50 bits per heavy atom. The maximum atomic E-state index is 10.6. The Morgan fingerprint density at radius 3 is 2.33 bits per heavy atom. The van der Waals surface area contributed by atoms with E-state index in [-0.39, 0.29) is 5.78 Å². The summed E-state index contributed by atoms with van der Waals surface area (Å²) in [6.45, 7) is 0. The molecule has 0 saturated carbocycles. The quantitative estimate of drug-likeness (QED) is 0.338. The summed E-state index contributed by atoms with van der Waals surface area (Å²) < 4.78 is 4.66. The molecule has 12 heavy (non-hydrogen) atoms. The average Bonchev–Trinajstić information content (AvgIpc) is 2.06. The summed E-state index contributed by atoms with van der Waals surface area (Å²) in [4.78, 5) is 20.5. The number of hydrogen-bond acceptors (Lipinski definition) is 4. The predicted molar refractivity (Wildman–Crippen MR) is 40.0 cm³/mol. The molecule has 0 aromatic carbocycles. The average molecular weight is 169 g/mol. The highest BCUT2D eigenvalue weighted by atomic mass is 16.7. The molecule has 5 nitrogen and oxygen atoms in total. The minimum atomic E-state index is -1.66. The summed E-state index contributed by atoms with van der Waals surface area (Å²) in [5.74, 6) is -0.274. The van der Waals surface area contributed by atoms with E-state index in [9.17, 15) is 14.9 Å². The Morgan fingerprint density at radius 2 is 2.00 bits per heavy atom. The van der Waals surface area contributed by atoms with Crippen LogP contribution < -0.4 is 0 Å². The van der Waals surface area contributed by atoms with Gasteiger partial charge in [0.2, 0.25) is 0 Å². The lowest BCUT2D eigenvalue weighted by atomic mass is 10.1.